The van der Waals surface area contributed by atoms with E-state index in [0.29, 0.717) is 37.1 Å². The van der Waals surface area contributed by atoms with Crippen molar-refractivity contribution in [2.75, 3.05) is 13.1 Å². The summed E-state index contributed by atoms with van der Waals surface area (Å²) in [4.78, 5) is 32.3. The van der Waals surface area contributed by atoms with Crippen molar-refractivity contribution in [1.82, 2.24) is 14.9 Å². The number of nitrogens with zero attached hydrogens (tertiary/aromatic N) is 2. The number of hydrogen-bond acceptors (Lipinski definition) is 7. The summed E-state index contributed by atoms with van der Waals surface area (Å²) in [5.41, 5.74) is 7.04. The highest BCUT2D eigenvalue weighted by molar-refractivity contribution is 6.44. The normalized spacial score (nSPS) is 17.4. The summed E-state index contributed by atoms with van der Waals surface area (Å²) >= 11 is 0. The van der Waals surface area contributed by atoms with Gasteiger partial charge in [-0.25, -0.2) is 9.78 Å². The van der Waals surface area contributed by atoms with Gasteiger partial charge in [0.05, 0.1) is 31.3 Å². The topological polar surface area (TPSA) is 151 Å². The molecular formula is C17H19BN4O6. The molecule has 0 unspecified atom stereocenters. The van der Waals surface area contributed by atoms with Crippen LogP contribution in [0.4, 0.5) is 0 Å². The number of fused-ring (bicyclic) bond motifs is 1. The number of nitrogens with two attached hydrogens (primary N) is 1. The highest BCUT2D eigenvalue weighted by Gasteiger charge is 2.37. The number of likely N-dealkylation sites (tertiary alicyclic amines) is 1. The number of aryl methyl sites for hydroxylation is 1. The molecule has 4 rings (SSSR count). The lowest BCUT2D eigenvalue weighted by Crippen LogP contribution is -2.58. The summed E-state index contributed by atoms with van der Waals surface area (Å²) in [5, 5.41) is 19.3. The maximum atomic E-state index is 12.4. The highest BCUT2D eigenvalue weighted by atomic mass is 16.5. The number of carboxylic acid groups (broad SMARTS) is 1. The summed E-state index contributed by atoms with van der Waals surface area (Å²) in [6.07, 6.45) is 3.52. The molecule has 10 nitrogen and oxygen atoms in total. The Morgan fingerprint density at radius 2 is 2.21 bits per heavy atom. The van der Waals surface area contributed by atoms with E-state index in [4.69, 9.17) is 15.1 Å². The molecule has 28 heavy (non-hydrogen) atoms. The first-order chi connectivity index (χ1) is 13.4. The van der Waals surface area contributed by atoms with E-state index >= 15 is 0 Å². The number of aromatic carboxylic acids is 1. The molecule has 2 aliphatic rings. The number of rotatable bonds is 5. The molecule has 0 saturated carbocycles. The number of carbonyl (C=O) groups excluding carboxylic acids is 1. The first-order valence-electron chi connectivity index (χ1n) is 8.87. The highest BCUT2D eigenvalue weighted by Crippen LogP contribution is 2.37. The van der Waals surface area contributed by atoms with E-state index in [1.54, 1.807) is 12.1 Å². The van der Waals surface area contributed by atoms with Crippen LogP contribution in [0.5, 0.6) is 11.5 Å². The number of aromatic amines is 1. The molecule has 1 saturated heterocycles. The number of benzene rings is 1. The van der Waals surface area contributed by atoms with Gasteiger partial charge in [-0.15, -0.1) is 0 Å². The average molecular weight is 386 g/mol. The van der Waals surface area contributed by atoms with Gasteiger partial charge in [0.2, 0.25) is 5.91 Å². The number of nitrogens with one attached hydrogen (secondary N) is 1. The standard InChI is InChI=1S/C17H19BN4O6/c19-14(11-5-20-8-21-11)16(23)22-6-10(7-22)27-12-2-1-9-3-4-18(26)28-15(9)13(12)17(24)25/h1-2,5,8,10,14,26H,3-4,6-7,19H2,(H,20,21)(H,24,25)/t14-/m0/s1. The van der Waals surface area contributed by atoms with Gasteiger partial charge in [-0.2, -0.15) is 0 Å². The van der Waals surface area contributed by atoms with Crippen LogP contribution >= 0.6 is 0 Å². The van der Waals surface area contributed by atoms with Gasteiger partial charge >= 0.3 is 13.1 Å². The minimum Gasteiger partial charge on any atom is -0.535 e. The molecule has 0 radical (unpaired) electrons. The predicted molar refractivity (Wildman–Crippen MR) is 97.0 cm³/mol. The lowest BCUT2D eigenvalue weighted by Gasteiger charge is -2.40. The van der Waals surface area contributed by atoms with Gasteiger partial charge in [0, 0.05) is 0 Å². The molecule has 1 aromatic carbocycles. The molecule has 0 bridgehead atoms. The average Bonchev–Trinajstić information content (AvgIpc) is 3.17. The van der Waals surface area contributed by atoms with E-state index in [1.807, 2.05) is 0 Å². The monoisotopic (exact) mass is 386 g/mol. The third-order valence-corrected chi connectivity index (χ3v) is 4.90. The molecule has 3 heterocycles. The summed E-state index contributed by atoms with van der Waals surface area (Å²) in [7, 11) is -1.04. The Morgan fingerprint density at radius 3 is 2.89 bits per heavy atom. The van der Waals surface area contributed by atoms with Gasteiger partial charge < -0.3 is 35.1 Å². The fourth-order valence-electron chi connectivity index (χ4n) is 3.35. The second-order valence-electron chi connectivity index (χ2n) is 6.81. The molecule has 1 amide bonds. The van der Waals surface area contributed by atoms with Crippen molar-refractivity contribution in [2.24, 2.45) is 5.73 Å². The summed E-state index contributed by atoms with van der Waals surface area (Å²) < 4.78 is 11.1. The van der Waals surface area contributed by atoms with Crippen molar-refractivity contribution >= 4 is 19.0 Å². The van der Waals surface area contributed by atoms with Gasteiger partial charge in [0.25, 0.3) is 0 Å². The fraction of sp³-hybridized carbons (Fsp3) is 0.353. The summed E-state index contributed by atoms with van der Waals surface area (Å²) in [6, 6.07) is 2.49. The van der Waals surface area contributed by atoms with Crippen molar-refractivity contribution in [2.45, 2.75) is 24.9 Å². The number of carboxylic acids is 1. The van der Waals surface area contributed by atoms with Gasteiger partial charge in [-0.3, -0.25) is 4.79 Å². The third kappa shape index (κ3) is 3.29. The Balaban J connectivity index is 1.44. The Morgan fingerprint density at radius 1 is 1.43 bits per heavy atom. The Labute approximate surface area is 160 Å². The number of carbonyl (C=O) groups is 2. The van der Waals surface area contributed by atoms with Crippen LogP contribution in [-0.4, -0.2) is 63.2 Å². The number of imidazole rings is 1. The Bertz CT molecular complexity index is 899. The Kier molecular flexibility index (Phi) is 4.69. The van der Waals surface area contributed by atoms with E-state index in [0.717, 1.165) is 0 Å². The second-order valence-corrected chi connectivity index (χ2v) is 6.81. The van der Waals surface area contributed by atoms with Crippen LogP contribution in [-0.2, 0) is 11.2 Å². The summed E-state index contributed by atoms with van der Waals surface area (Å²) in [5.74, 6) is -1.18. The zero-order valence-corrected chi connectivity index (χ0v) is 14.9. The third-order valence-electron chi connectivity index (χ3n) is 4.90. The van der Waals surface area contributed by atoms with E-state index in [2.05, 4.69) is 9.97 Å². The predicted octanol–water partition coefficient (Wildman–Crippen LogP) is -0.187. The molecule has 5 N–H and O–H groups in total. The lowest BCUT2D eigenvalue weighted by atomic mass is 9.78. The number of amides is 1. The van der Waals surface area contributed by atoms with Crippen LogP contribution < -0.4 is 15.1 Å². The van der Waals surface area contributed by atoms with Gasteiger partial charge in [-0.05, 0) is 24.4 Å². The molecule has 2 aliphatic heterocycles. The van der Waals surface area contributed by atoms with Crippen LogP contribution in [0.15, 0.2) is 24.7 Å². The van der Waals surface area contributed by atoms with Crippen LogP contribution in [0.2, 0.25) is 6.32 Å². The first-order valence-corrected chi connectivity index (χ1v) is 8.87. The van der Waals surface area contributed by atoms with E-state index in [9.17, 15) is 19.7 Å². The maximum absolute atomic E-state index is 12.4. The van der Waals surface area contributed by atoms with Crippen LogP contribution in [0, 0.1) is 0 Å². The van der Waals surface area contributed by atoms with E-state index in [1.165, 1.54) is 17.4 Å². The smallest absolute Gasteiger partial charge is 0.522 e. The molecule has 1 aromatic heterocycles. The number of ether oxygens (including phenoxy) is 1. The number of hydrogen-bond donors (Lipinski definition) is 4. The van der Waals surface area contributed by atoms with E-state index < -0.39 is 19.1 Å². The van der Waals surface area contributed by atoms with Crippen LogP contribution in [0.1, 0.15) is 27.7 Å². The minimum absolute atomic E-state index is 0.116. The quantitative estimate of drug-likeness (QED) is 0.517. The zero-order valence-electron chi connectivity index (χ0n) is 14.9. The zero-order chi connectivity index (χ0) is 19.8. The van der Waals surface area contributed by atoms with Crippen molar-refractivity contribution in [3.63, 3.8) is 0 Å². The lowest BCUT2D eigenvalue weighted by molar-refractivity contribution is -0.141. The molecule has 1 atom stereocenters. The molecule has 0 spiro atoms. The van der Waals surface area contributed by atoms with Crippen LogP contribution in [0.3, 0.4) is 0 Å². The second kappa shape index (κ2) is 7.17. The number of H-pyrrole nitrogens is 1. The number of aromatic nitrogens is 2. The SMILES string of the molecule is N[C@H](C(=O)N1CC(Oc2ccc3c(c2C(=O)O)OB(O)CC3)C1)c1cnc[nH]1. The first kappa shape index (κ1) is 18.3. The van der Waals surface area contributed by atoms with Crippen molar-refractivity contribution < 1.29 is 29.1 Å². The Hall–Kier alpha value is -3.05. The molecule has 1 fully saturated rings. The molecule has 146 valence electrons. The largest absolute Gasteiger partial charge is 0.535 e. The van der Waals surface area contributed by atoms with Gasteiger partial charge in [0.1, 0.15) is 29.2 Å². The molecule has 0 aliphatic carbocycles. The molecule has 11 heteroatoms. The van der Waals surface area contributed by atoms with Crippen molar-refractivity contribution in [3.8, 4) is 11.5 Å². The van der Waals surface area contributed by atoms with Gasteiger partial charge in [0.15, 0.2) is 0 Å². The van der Waals surface area contributed by atoms with Gasteiger partial charge in [-0.1, -0.05) is 6.07 Å². The molecule has 2 aromatic rings. The summed E-state index contributed by atoms with van der Waals surface area (Å²) in [6.45, 7) is 0.584. The maximum Gasteiger partial charge on any atom is 0.522 e. The minimum atomic E-state index is -1.20. The van der Waals surface area contributed by atoms with E-state index in [-0.39, 0.29) is 29.1 Å². The van der Waals surface area contributed by atoms with Crippen molar-refractivity contribution in [1.29, 1.82) is 0 Å². The fourth-order valence-corrected chi connectivity index (χ4v) is 3.35. The van der Waals surface area contributed by atoms with Crippen LogP contribution in [0.25, 0.3) is 0 Å². The molecular weight excluding hydrogens is 367 g/mol. The van der Waals surface area contributed by atoms with Crippen molar-refractivity contribution in [3.05, 3.63) is 41.5 Å².